The molecule has 4 nitrogen and oxygen atoms in total. The molecule has 0 atom stereocenters. The van der Waals surface area contributed by atoms with E-state index in [0.717, 1.165) is 22.5 Å². The van der Waals surface area contributed by atoms with Crippen molar-refractivity contribution in [2.75, 3.05) is 0 Å². The molecule has 0 fully saturated rings. The second-order valence-electron chi connectivity index (χ2n) is 4.92. The molecule has 0 spiro atoms. The number of aryl methyl sites for hydroxylation is 2. The first-order chi connectivity index (χ1) is 10.1. The Morgan fingerprint density at radius 2 is 1.95 bits per heavy atom. The van der Waals surface area contributed by atoms with Crippen molar-refractivity contribution in [3.63, 3.8) is 0 Å². The molecule has 1 aromatic carbocycles. The lowest BCUT2D eigenvalue weighted by Gasteiger charge is -2.11. The lowest BCUT2D eigenvalue weighted by Crippen LogP contribution is -1.97. The van der Waals surface area contributed by atoms with Crippen LogP contribution in [0.1, 0.15) is 16.8 Å². The number of imidazole rings is 1. The quantitative estimate of drug-likeness (QED) is 0.798. The van der Waals surface area contributed by atoms with Gasteiger partial charge in [0.2, 0.25) is 5.88 Å². The third-order valence-electron chi connectivity index (χ3n) is 3.37. The molecule has 2 aromatic heterocycles. The number of aromatic nitrogens is 2. The van der Waals surface area contributed by atoms with Gasteiger partial charge in [-0.05, 0) is 49.2 Å². The van der Waals surface area contributed by atoms with Crippen LogP contribution in [0.15, 0.2) is 36.5 Å². The molecular weight excluding hydrogens is 288 g/mol. The largest absolute Gasteiger partial charge is 0.437 e. The number of halogens is 1. The van der Waals surface area contributed by atoms with Crippen molar-refractivity contribution in [3.05, 3.63) is 58.4 Å². The van der Waals surface area contributed by atoms with E-state index in [1.54, 1.807) is 0 Å². The molecule has 3 aromatic rings. The van der Waals surface area contributed by atoms with Gasteiger partial charge in [-0.1, -0.05) is 17.7 Å². The minimum absolute atomic E-state index is 0.147. The highest BCUT2D eigenvalue weighted by Gasteiger charge is 2.15. The van der Waals surface area contributed by atoms with Crippen LogP contribution in [0.5, 0.6) is 11.6 Å². The van der Waals surface area contributed by atoms with Crippen LogP contribution in [-0.4, -0.2) is 14.5 Å². The molecule has 0 saturated carbocycles. The molecule has 0 saturated heterocycles. The summed E-state index contributed by atoms with van der Waals surface area (Å²) in [6.07, 6.45) is 1.85. The summed E-state index contributed by atoms with van der Waals surface area (Å²) in [7, 11) is 0. The van der Waals surface area contributed by atoms with Crippen LogP contribution in [0.3, 0.4) is 0 Å². The van der Waals surface area contributed by atoms with E-state index in [-0.39, 0.29) is 6.61 Å². The topological polar surface area (TPSA) is 46.8 Å². The average Bonchev–Trinajstić information content (AvgIpc) is 2.80. The molecule has 0 bridgehead atoms. The van der Waals surface area contributed by atoms with Crippen LogP contribution in [0.4, 0.5) is 0 Å². The van der Waals surface area contributed by atoms with E-state index in [4.69, 9.17) is 16.3 Å². The Kier molecular flexibility index (Phi) is 3.57. The third kappa shape index (κ3) is 2.48. The minimum atomic E-state index is -0.147. The van der Waals surface area contributed by atoms with Crippen LogP contribution in [0.25, 0.3) is 5.65 Å². The van der Waals surface area contributed by atoms with Gasteiger partial charge in [-0.3, -0.25) is 4.40 Å². The van der Waals surface area contributed by atoms with E-state index in [0.29, 0.717) is 16.6 Å². The maximum atomic E-state index is 9.60. The lowest BCUT2D eigenvalue weighted by molar-refractivity contribution is 0.269. The molecule has 0 unspecified atom stereocenters. The minimum Gasteiger partial charge on any atom is -0.437 e. The van der Waals surface area contributed by atoms with Crippen molar-refractivity contribution in [2.45, 2.75) is 20.5 Å². The van der Waals surface area contributed by atoms with Crippen LogP contribution in [0, 0.1) is 13.8 Å². The highest BCUT2D eigenvalue weighted by atomic mass is 35.5. The number of benzene rings is 1. The van der Waals surface area contributed by atoms with Gasteiger partial charge in [-0.25, -0.2) is 0 Å². The molecule has 21 heavy (non-hydrogen) atoms. The van der Waals surface area contributed by atoms with E-state index in [2.05, 4.69) is 4.98 Å². The maximum absolute atomic E-state index is 9.60. The summed E-state index contributed by atoms with van der Waals surface area (Å²) in [5.41, 5.74) is 3.22. The molecule has 5 heteroatoms. The number of aliphatic hydroxyl groups is 1. The fourth-order valence-electron chi connectivity index (χ4n) is 2.41. The van der Waals surface area contributed by atoms with Crippen LogP contribution in [-0.2, 0) is 6.61 Å². The molecular formula is C16H15ClN2O2. The predicted molar refractivity (Wildman–Crippen MR) is 82.1 cm³/mol. The number of nitrogens with zero attached hydrogens (tertiary/aromatic N) is 2. The standard InChI is InChI=1S/C16H15ClN2O2/c1-10-7-12(17)8-11(2)15(10)21-16-13(9-20)19-6-4-3-5-14(19)18-16/h3-8,20H,9H2,1-2H3. The van der Waals surface area contributed by atoms with Crippen LogP contribution >= 0.6 is 11.6 Å². The van der Waals surface area contributed by atoms with E-state index < -0.39 is 0 Å². The fourth-order valence-corrected chi connectivity index (χ4v) is 2.73. The van der Waals surface area contributed by atoms with Gasteiger partial charge in [-0.2, -0.15) is 4.98 Å². The normalized spacial score (nSPS) is 11.0. The lowest BCUT2D eigenvalue weighted by atomic mass is 10.1. The fraction of sp³-hybridized carbons (Fsp3) is 0.188. The number of hydrogen-bond donors (Lipinski definition) is 1. The smallest absolute Gasteiger partial charge is 0.243 e. The SMILES string of the molecule is Cc1cc(Cl)cc(C)c1Oc1nc2ccccn2c1CO. The summed E-state index contributed by atoms with van der Waals surface area (Å²) >= 11 is 6.03. The Morgan fingerprint density at radius 1 is 1.24 bits per heavy atom. The van der Waals surface area contributed by atoms with Gasteiger partial charge in [0.25, 0.3) is 0 Å². The number of aliphatic hydroxyl groups excluding tert-OH is 1. The molecule has 0 aliphatic heterocycles. The molecule has 0 aliphatic rings. The van der Waals surface area contributed by atoms with Gasteiger partial charge in [0, 0.05) is 11.2 Å². The maximum Gasteiger partial charge on any atom is 0.243 e. The van der Waals surface area contributed by atoms with Crippen molar-refractivity contribution in [1.29, 1.82) is 0 Å². The van der Waals surface area contributed by atoms with Crippen molar-refractivity contribution < 1.29 is 9.84 Å². The number of pyridine rings is 1. The van der Waals surface area contributed by atoms with Crippen LogP contribution < -0.4 is 4.74 Å². The highest BCUT2D eigenvalue weighted by Crippen LogP contribution is 2.32. The Morgan fingerprint density at radius 3 is 2.62 bits per heavy atom. The summed E-state index contributed by atoms with van der Waals surface area (Å²) in [6.45, 7) is 3.72. The third-order valence-corrected chi connectivity index (χ3v) is 3.58. The Bertz CT molecular complexity index is 788. The monoisotopic (exact) mass is 302 g/mol. The number of fused-ring (bicyclic) bond motifs is 1. The molecule has 0 aliphatic carbocycles. The Labute approximate surface area is 127 Å². The second-order valence-corrected chi connectivity index (χ2v) is 5.36. The Balaban J connectivity index is 2.10. The Hall–Kier alpha value is -2.04. The van der Waals surface area contributed by atoms with Crippen molar-refractivity contribution in [2.24, 2.45) is 0 Å². The summed E-state index contributed by atoms with van der Waals surface area (Å²) < 4.78 is 7.77. The van der Waals surface area contributed by atoms with Gasteiger partial charge in [0.1, 0.15) is 17.1 Å². The van der Waals surface area contributed by atoms with Gasteiger partial charge in [-0.15, -0.1) is 0 Å². The molecule has 3 rings (SSSR count). The van der Waals surface area contributed by atoms with Gasteiger partial charge < -0.3 is 9.84 Å². The zero-order chi connectivity index (χ0) is 15.0. The zero-order valence-electron chi connectivity index (χ0n) is 11.8. The number of rotatable bonds is 3. The van der Waals surface area contributed by atoms with Crippen molar-refractivity contribution in [1.82, 2.24) is 9.38 Å². The van der Waals surface area contributed by atoms with Crippen molar-refractivity contribution >= 4 is 17.2 Å². The van der Waals surface area contributed by atoms with Crippen molar-refractivity contribution in [3.8, 4) is 11.6 Å². The van der Waals surface area contributed by atoms with E-state index >= 15 is 0 Å². The van der Waals surface area contributed by atoms with Gasteiger partial charge in [0.15, 0.2) is 0 Å². The summed E-state index contributed by atoms with van der Waals surface area (Å²) in [4.78, 5) is 4.43. The molecule has 108 valence electrons. The van der Waals surface area contributed by atoms with Crippen LogP contribution in [0.2, 0.25) is 5.02 Å². The van der Waals surface area contributed by atoms with Gasteiger partial charge in [0.05, 0.1) is 6.61 Å². The summed E-state index contributed by atoms with van der Waals surface area (Å²) in [6, 6.07) is 9.34. The first kappa shape index (κ1) is 13.9. The predicted octanol–water partition coefficient (Wildman–Crippen LogP) is 3.89. The highest BCUT2D eigenvalue weighted by molar-refractivity contribution is 6.30. The zero-order valence-corrected chi connectivity index (χ0v) is 12.6. The summed E-state index contributed by atoms with van der Waals surface area (Å²) in [5, 5.41) is 10.3. The summed E-state index contributed by atoms with van der Waals surface area (Å²) in [5.74, 6) is 1.13. The van der Waals surface area contributed by atoms with E-state index in [9.17, 15) is 5.11 Å². The second kappa shape index (κ2) is 5.39. The number of hydrogen-bond acceptors (Lipinski definition) is 3. The average molecular weight is 303 g/mol. The molecule has 0 amide bonds. The molecule has 2 heterocycles. The molecule has 1 N–H and O–H groups in total. The van der Waals surface area contributed by atoms with E-state index in [1.807, 2.05) is 54.8 Å². The number of ether oxygens (including phenoxy) is 1. The van der Waals surface area contributed by atoms with Gasteiger partial charge >= 0.3 is 0 Å². The van der Waals surface area contributed by atoms with E-state index in [1.165, 1.54) is 0 Å². The first-order valence-corrected chi connectivity index (χ1v) is 6.99. The first-order valence-electron chi connectivity index (χ1n) is 6.61. The molecule has 0 radical (unpaired) electrons.